The van der Waals surface area contributed by atoms with Crippen molar-refractivity contribution >= 4 is 10.0 Å². The molecule has 0 fully saturated rings. The first-order valence-electron chi connectivity index (χ1n) is 5.75. The minimum Gasteiger partial charge on any atom is -0.364 e. The van der Waals surface area contributed by atoms with Gasteiger partial charge in [-0.05, 0) is 18.7 Å². The number of hydrogen-bond acceptors (Lipinski definition) is 5. The third-order valence-corrected chi connectivity index (χ3v) is 4.07. The van der Waals surface area contributed by atoms with Crippen LogP contribution in [0.15, 0.2) is 46.0 Å². The number of hydrogen-bond donors (Lipinski definition) is 2. The van der Waals surface area contributed by atoms with Crippen LogP contribution in [0.1, 0.15) is 11.3 Å². The summed E-state index contributed by atoms with van der Waals surface area (Å²) in [6, 6.07) is 8.48. The first-order chi connectivity index (χ1) is 9.13. The standard InChI is InChI=1S/C12H15N3O3S/c1-13-8-10-4-2-3-5-12(10)19(16,17)14-9-11-6-7-18-15-11/h2-7,13-14H,8-9H2,1H3. The Balaban J connectivity index is 2.19. The van der Waals surface area contributed by atoms with E-state index >= 15 is 0 Å². The van der Waals surface area contributed by atoms with E-state index < -0.39 is 10.0 Å². The van der Waals surface area contributed by atoms with E-state index in [1.165, 1.54) is 6.26 Å². The van der Waals surface area contributed by atoms with Crippen molar-refractivity contribution in [1.82, 2.24) is 15.2 Å². The van der Waals surface area contributed by atoms with Crippen molar-refractivity contribution in [3.8, 4) is 0 Å². The average Bonchev–Trinajstić information content (AvgIpc) is 2.91. The molecular formula is C12H15N3O3S. The van der Waals surface area contributed by atoms with Gasteiger partial charge in [0.25, 0.3) is 0 Å². The van der Waals surface area contributed by atoms with Gasteiger partial charge in [-0.15, -0.1) is 0 Å². The molecule has 2 N–H and O–H groups in total. The number of benzene rings is 1. The van der Waals surface area contributed by atoms with Crippen molar-refractivity contribution in [3.05, 3.63) is 47.9 Å². The smallest absolute Gasteiger partial charge is 0.241 e. The summed E-state index contributed by atoms with van der Waals surface area (Å²) in [7, 11) is -1.79. The highest BCUT2D eigenvalue weighted by atomic mass is 32.2. The molecule has 0 spiro atoms. The lowest BCUT2D eigenvalue weighted by atomic mass is 10.2. The van der Waals surface area contributed by atoms with Crippen LogP contribution in [0.2, 0.25) is 0 Å². The lowest BCUT2D eigenvalue weighted by Gasteiger charge is -2.10. The van der Waals surface area contributed by atoms with Crippen molar-refractivity contribution in [2.24, 2.45) is 0 Å². The van der Waals surface area contributed by atoms with E-state index in [-0.39, 0.29) is 11.4 Å². The maximum atomic E-state index is 12.2. The van der Waals surface area contributed by atoms with Crippen LogP contribution in [0.5, 0.6) is 0 Å². The summed E-state index contributed by atoms with van der Waals surface area (Å²) in [5.41, 5.74) is 1.26. The Morgan fingerprint density at radius 1 is 1.21 bits per heavy atom. The van der Waals surface area contributed by atoms with E-state index in [0.29, 0.717) is 12.2 Å². The Morgan fingerprint density at radius 3 is 2.68 bits per heavy atom. The third-order valence-electron chi connectivity index (χ3n) is 2.56. The molecular weight excluding hydrogens is 266 g/mol. The van der Waals surface area contributed by atoms with Crippen LogP contribution in [0.3, 0.4) is 0 Å². The number of sulfonamides is 1. The molecule has 1 heterocycles. The molecule has 0 aliphatic rings. The summed E-state index contributed by atoms with van der Waals surface area (Å²) in [6.07, 6.45) is 1.40. The molecule has 1 aromatic carbocycles. The van der Waals surface area contributed by atoms with Gasteiger partial charge in [0, 0.05) is 12.6 Å². The van der Waals surface area contributed by atoms with Gasteiger partial charge in [-0.1, -0.05) is 23.4 Å². The Bertz CT molecular complexity index is 623. The van der Waals surface area contributed by atoms with Gasteiger partial charge in [0.2, 0.25) is 10.0 Å². The van der Waals surface area contributed by atoms with E-state index in [9.17, 15) is 8.42 Å². The fraction of sp³-hybridized carbons (Fsp3) is 0.250. The molecule has 0 radical (unpaired) electrons. The van der Waals surface area contributed by atoms with Gasteiger partial charge in [0.1, 0.15) is 6.26 Å². The fourth-order valence-electron chi connectivity index (χ4n) is 1.68. The molecule has 7 heteroatoms. The highest BCUT2D eigenvalue weighted by Gasteiger charge is 2.17. The van der Waals surface area contributed by atoms with Gasteiger partial charge < -0.3 is 9.84 Å². The number of rotatable bonds is 6. The predicted octanol–water partition coefficient (Wildman–Crippen LogP) is 0.872. The van der Waals surface area contributed by atoms with Crippen LogP contribution in [0.4, 0.5) is 0 Å². The molecule has 102 valence electrons. The van der Waals surface area contributed by atoms with Crippen molar-refractivity contribution in [3.63, 3.8) is 0 Å². The summed E-state index contributed by atoms with van der Waals surface area (Å²) in [6.45, 7) is 0.591. The zero-order valence-electron chi connectivity index (χ0n) is 10.5. The topological polar surface area (TPSA) is 84.2 Å². The lowest BCUT2D eigenvalue weighted by molar-refractivity contribution is 0.411. The lowest BCUT2D eigenvalue weighted by Crippen LogP contribution is -2.25. The molecule has 0 amide bonds. The van der Waals surface area contributed by atoms with Gasteiger partial charge in [-0.3, -0.25) is 0 Å². The van der Waals surface area contributed by atoms with Gasteiger partial charge in [0.15, 0.2) is 0 Å². The van der Waals surface area contributed by atoms with Gasteiger partial charge in [-0.25, -0.2) is 13.1 Å². The summed E-state index contributed by atoms with van der Waals surface area (Å²) in [5.74, 6) is 0. The molecule has 0 aliphatic carbocycles. The molecule has 0 bridgehead atoms. The molecule has 0 saturated heterocycles. The Morgan fingerprint density at radius 2 is 2.00 bits per heavy atom. The Hall–Kier alpha value is -1.70. The Kier molecular flexibility index (Phi) is 4.31. The van der Waals surface area contributed by atoms with Crippen LogP contribution >= 0.6 is 0 Å². The van der Waals surface area contributed by atoms with Gasteiger partial charge in [0.05, 0.1) is 17.1 Å². The van der Waals surface area contributed by atoms with Gasteiger partial charge in [-0.2, -0.15) is 0 Å². The van der Waals surface area contributed by atoms with Crippen molar-refractivity contribution in [2.45, 2.75) is 18.0 Å². The quantitative estimate of drug-likeness (QED) is 0.821. The second-order valence-electron chi connectivity index (χ2n) is 3.95. The summed E-state index contributed by atoms with van der Waals surface area (Å²) >= 11 is 0. The Labute approximate surface area is 111 Å². The molecule has 0 aliphatic heterocycles. The van der Waals surface area contributed by atoms with Crippen LogP contribution in [-0.4, -0.2) is 20.6 Å². The van der Waals surface area contributed by atoms with Crippen molar-refractivity contribution < 1.29 is 12.9 Å². The van der Waals surface area contributed by atoms with Gasteiger partial charge >= 0.3 is 0 Å². The third kappa shape index (κ3) is 3.40. The van der Waals surface area contributed by atoms with Crippen LogP contribution in [-0.2, 0) is 23.1 Å². The fourth-order valence-corrected chi connectivity index (χ4v) is 2.91. The first-order valence-corrected chi connectivity index (χ1v) is 7.23. The molecule has 2 aromatic rings. The highest BCUT2D eigenvalue weighted by molar-refractivity contribution is 7.89. The zero-order chi connectivity index (χ0) is 13.7. The monoisotopic (exact) mass is 281 g/mol. The minimum absolute atomic E-state index is 0.104. The van der Waals surface area contributed by atoms with E-state index in [2.05, 4.69) is 19.7 Å². The minimum atomic E-state index is -3.56. The molecule has 1 aromatic heterocycles. The zero-order valence-corrected chi connectivity index (χ0v) is 11.3. The molecule has 2 rings (SSSR count). The van der Waals surface area contributed by atoms with Crippen LogP contribution in [0.25, 0.3) is 0 Å². The largest absolute Gasteiger partial charge is 0.364 e. The molecule has 0 saturated carbocycles. The van der Waals surface area contributed by atoms with Crippen LogP contribution in [0, 0.1) is 0 Å². The number of nitrogens with one attached hydrogen (secondary N) is 2. The number of nitrogens with zero attached hydrogens (tertiary/aromatic N) is 1. The summed E-state index contributed by atoms with van der Waals surface area (Å²) in [4.78, 5) is 0.271. The normalized spacial score (nSPS) is 11.6. The molecule has 0 unspecified atom stereocenters. The second-order valence-corrected chi connectivity index (χ2v) is 5.69. The van der Waals surface area contributed by atoms with E-state index in [4.69, 9.17) is 0 Å². The molecule has 19 heavy (non-hydrogen) atoms. The highest BCUT2D eigenvalue weighted by Crippen LogP contribution is 2.15. The summed E-state index contributed by atoms with van der Waals surface area (Å²) in [5, 5.41) is 6.60. The maximum Gasteiger partial charge on any atom is 0.241 e. The van der Waals surface area contributed by atoms with Crippen molar-refractivity contribution in [2.75, 3.05) is 7.05 Å². The second kappa shape index (κ2) is 5.96. The first kappa shape index (κ1) is 13.7. The van der Waals surface area contributed by atoms with Crippen molar-refractivity contribution in [1.29, 1.82) is 0 Å². The predicted molar refractivity (Wildman–Crippen MR) is 69.7 cm³/mol. The molecule has 6 nitrogen and oxygen atoms in total. The van der Waals surface area contributed by atoms with E-state index in [0.717, 1.165) is 5.56 Å². The summed E-state index contributed by atoms with van der Waals surface area (Å²) < 4.78 is 31.6. The molecule has 0 atom stereocenters. The SMILES string of the molecule is CNCc1ccccc1S(=O)(=O)NCc1ccon1. The van der Waals surface area contributed by atoms with E-state index in [1.54, 1.807) is 31.3 Å². The average molecular weight is 281 g/mol. The maximum absolute atomic E-state index is 12.2. The van der Waals surface area contributed by atoms with Crippen LogP contribution < -0.4 is 10.0 Å². The van der Waals surface area contributed by atoms with E-state index in [1.807, 2.05) is 6.07 Å². The number of aromatic nitrogens is 1.